The van der Waals surface area contributed by atoms with Crippen molar-refractivity contribution in [1.29, 1.82) is 0 Å². The molecule has 0 saturated heterocycles. The number of nitrogens with one attached hydrogen (secondary N) is 2. The van der Waals surface area contributed by atoms with Gasteiger partial charge in [0.15, 0.2) is 0 Å². The molecule has 6 nitrogen and oxygen atoms in total. The van der Waals surface area contributed by atoms with Crippen molar-refractivity contribution in [3.8, 4) is 0 Å². The predicted molar refractivity (Wildman–Crippen MR) is 63.1 cm³/mol. The molecule has 0 bridgehead atoms. The van der Waals surface area contributed by atoms with E-state index >= 15 is 0 Å². The molecule has 1 saturated carbocycles. The van der Waals surface area contributed by atoms with Crippen LogP contribution in [0.4, 0.5) is 0 Å². The van der Waals surface area contributed by atoms with Gasteiger partial charge in [0.1, 0.15) is 5.76 Å². The van der Waals surface area contributed by atoms with Gasteiger partial charge in [0.2, 0.25) is 11.7 Å². The smallest absolute Gasteiger partial charge is 0.371 e. The summed E-state index contributed by atoms with van der Waals surface area (Å²) in [4.78, 5) is 22.0. The predicted octanol–water partition coefficient (Wildman–Crippen LogP) is 0.594. The zero-order valence-corrected chi connectivity index (χ0v) is 9.94. The Balaban J connectivity index is 1.65. The highest BCUT2D eigenvalue weighted by atomic mass is 16.4. The number of carbonyl (C=O) groups excluding carboxylic acids is 1. The molecule has 1 aromatic heterocycles. The van der Waals surface area contributed by atoms with Crippen molar-refractivity contribution in [2.45, 2.75) is 19.4 Å². The van der Waals surface area contributed by atoms with Gasteiger partial charge in [-0.1, -0.05) is 0 Å². The number of carboxylic acid groups (broad SMARTS) is 1. The van der Waals surface area contributed by atoms with E-state index in [4.69, 9.17) is 9.52 Å². The van der Waals surface area contributed by atoms with Crippen LogP contribution in [0.15, 0.2) is 16.5 Å². The maximum absolute atomic E-state index is 11.4. The third-order valence-electron chi connectivity index (χ3n) is 2.75. The molecule has 1 aliphatic rings. The van der Waals surface area contributed by atoms with E-state index in [0.717, 1.165) is 12.5 Å². The fraction of sp³-hybridized carbons (Fsp3) is 0.500. The average Bonchev–Trinajstić information content (AvgIpc) is 3.02. The van der Waals surface area contributed by atoms with Crippen molar-refractivity contribution < 1.29 is 19.1 Å². The Kier molecular flexibility index (Phi) is 3.99. The highest BCUT2D eigenvalue weighted by Gasteiger charge is 2.20. The van der Waals surface area contributed by atoms with E-state index in [1.54, 1.807) is 6.07 Å². The molecule has 3 N–H and O–H groups in total. The summed E-state index contributed by atoms with van der Waals surface area (Å²) in [6, 6.07) is 2.91. The van der Waals surface area contributed by atoms with Gasteiger partial charge in [-0.05, 0) is 37.4 Å². The molecule has 0 aliphatic heterocycles. The normalized spacial score (nSPS) is 14.4. The van der Waals surface area contributed by atoms with Crippen molar-refractivity contribution in [3.05, 3.63) is 23.7 Å². The van der Waals surface area contributed by atoms with Gasteiger partial charge in [-0.15, -0.1) is 0 Å². The minimum absolute atomic E-state index is 0.119. The summed E-state index contributed by atoms with van der Waals surface area (Å²) >= 11 is 0. The summed E-state index contributed by atoms with van der Waals surface area (Å²) < 4.78 is 5.01. The molecule has 0 unspecified atom stereocenters. The van der Waals surface area contributed by atoms with Gasteiger partial charge in [0.05, 0.1) is 13.1 Å². The second-order valence-corrected chi connectivity index (χ2v) is 4.42. The largest absolute Gasteiger partial charge is 0.475 e. The number of rotatable bonds is 7. The Morgan fingerprint density at radius 2 is 2.17 bits per heavy atom. The van der Waals surface area contributed by atoms with Crippen LogP contribution >= 0.6 is 0 Å². The van der Waals surface area contributed by atoms with Gasteiger partial charge in [-0.2, -0.15) is 0 Å². The highest BCUT2D eigenvalue weighted by molar-refractivity contribution is 5.84. The van der Waals surface area contributed by atoms with E-state index in [0.29, 0.717) is 5.76 Å². The first-order valence-electron chi connectivity index (χ1n) is 5.94. The van der Waals surface area contributed by atoms with Gasteiger partial charge in [0, 0.05) is 0 Å². The van der Waals surface area contributed by atoms with Crippen LogP contribution in [0.25, 0.3) is 0 Å². The van der Waals surface area contributed by atoms with Crippen molar-refractivity contribution in [1.82, 2.24) is 10.6 Å². The van der Waals surface area contributed by atoms with Crippen LogP contribution in [-0.4, -0.2) is 30.1 Å². The molecule has 1 fully saturated rings. The minimum atomic E-state index is -1.11. The number of aromatic carboxylic acids is 1. The lowest BCUT2D eigenvalue weighted by atomic mass is 10.4. The summed E-state index contributed by atoms with van der Waals surface area (Å²) in [6.07, 6.45) is 2.50. The first-order chi connectivity index (χ1) is 8.65. The minimum Gasteiger partial charge on any atom is -0.475 e. The highest BCUT2D eigenvalue weighted by Crippen LogP contribution is 2.27. The van der Waals surface area contributed by atoms with Crippen LogP contribution < -0.4 is 10.6 Å². The Hall–Kier alpha value is -1.82. The van der Waals surface area contributed by atoms with Crippen LogP contribution in [0.3, 0.4) is 0 Å². The van der Waals surface area contributed by atoms with E-state index < -0.39 is 5.97 Å². The number of hydrogen-bond acceptors (Lipinski definition) is 4. The molecule has 1 heterocycles. The van der Waals surface area contributed by atoms with Crippen molar-refractivity contribution >= 4 is 11.9 Å². The molecule has 1 amide bonds. The molecule has 2 rings (SSSR count). The van der Waals surface area contributed by atoms with Crippen LogP contribution in [0.5, 0.6) is 0 Å². The Morgan fingerprint density at radius 3 is 2.78 bits per heavy atom. The lowest BCUT2D eigenvalue weighted by molar-refractivity contribution is -0.120. The monoisotopic (exact) mass is 252 g/mol. The maximum atomic E-state index is 11.4. The molecule has 18 heavy (non-hydrogen) atoms. The first kappa shape index (κ1) is 12.6. The molecule has 1 aliphatic carbocycles. The quantitative estimate of drug-likeness (QED) is 0.660. The number of hydrogen-bond donors (Lipinski definition) is 3. The standard InChI is InChI=1S/C12H16N2O4/c15-11(7-13-5-8-1-2-8)14-6-9-3-4-10(18-9)12(16)17/h3-4,8,13H,1-2,5-7H2,(H,14,15)(H,16,17). The number of furan rings is 1. The second kappa shape index (κ2) is 5.68. The van der Waals surface area contributed by atoms with E-state index in [-0.39, 0.29) is 24.8 Å². The summed E-state index contributed by atoms with van der Waals surface area (Å²) in [6.45, 7) is 1.37. The van der Waals surface area contributed by atoms with Gasteiger partial charge < -0.3 is 20.2 Å². The Bertz CT molecular complexity index is 437. The second-order valence-electron chi connectivity index (χ2n) is 4.42. The third kappa shape index (κ3) is 3.89. The topological polar surface area (TPSA) is 91.6 Å². The Labute approximate surface area is 104 Å². The van der Waals surface area contributed by atoms with Crippen LogP contribution in [0, 0.1) is 5.92 Å². The fourth-order valence-corrected chi connectivity index (χ4v) is 1.55. The van der Waals surface area contributed by atoms with Crippen molar-refractivity contribution in [3.63, 3.8) is 0 Å². The third-order valence-corrected chi connectivity index (χ3v) is 2.75. The molecule has 0 aromatic carbocycles. The van der Waals surface area contributed by atoms with E-state index in [1.807, 2.05) is 0 Å². The summed E-state index contributed by atoms with van der Waals surface area (Å²) in [7, 11) is 0. The summed E-state index contributed by atoms with van der Waals surface area (Å²) in [5.41, 5.74) is 0. The molecule has 0 radical (unpaired) electrons. The molecular formula is C12H16N2O4. The summed E-state index contributed by atoms with van der Waals surface area (Å²) in [5, 5.41) is 14.4. The SMILES string of the molecule is O=C(CNCC1CC1)NCc1ccc(C(=O)O)o1. The maximum Gasteiger partial charge on any atom is 0.371 e. The lowest BCUT2D eigenvalue weighted by Crippen LogP contribution is -2.34. The number of carbonyl (C=O) groups is 2. The van der Waals surface area contributed by atoms with Crippen LogP contribution in [0.1, 0.15) is 29.2 Å². The molecular weight excluding hydrogens is 236 g/mol. The molecule has 0 atom stereocenters. The summed E-state index contributed by atoms with van der Waals surface area (Å²) in [5.74, 6) is -0.183. The van der Waals surface area contributed by atoms with Crippen molar-refractivity contribution in [2.75, 3.05) is 13.1 Å². The Morgan fingerprint density at radius 1 is 1.39 bits per heavy atom. The van der Waals surface area contributed by atoms with E-state index in [2.05, 4.69) is 10.6 Å². The number of amides is 1. The zero-order chi connectivity index (χ0) is 13.0. The molecule has 98 valence electrons. The van der Waals surface area contributed by atoms with Crippen molar-refractivity contribution in [2.24, 2.45) is 5.92 Å². The van der Waals surface area contributed by atoms with Crippen LogP contribution in [0.2, 0.25) is 0 Å². The van der Waals surface area contributed by atoms with Gasteiger partial charge in [-0.25, -0.2) is 4.79 Å². The van der Waals surface area contributed by atoms with Gasteiger partial charge >= 0.3 is 5.97 Å². The van der Waals surface area contributed by atoms with Gasteiger partial charge in [0.25, 0.3) is 0 Å². The van der Waals surface area contributed by atoms with Crippen LogP contribution in [-0.2, 0) is 11.3 Å². The first-order valence-corrected chi connectivity index (χ1v) is 5.94. The molecule has 6 heteroatoms. The fourth-order valence-electron chi connectivity index (χ4n) is 1.55. The average molecular weight is 252 g/mol. The van der Waals surface area contributed by atoms with E-state index in [9.17, 15) is 9.59 Å². The molecule has 0 spiro atoms. The van der Waals surface area contributed by atoms with Gasteiger partial charge in [-0.3, -0.25) is 4.79 Å². The van der Waals surface area contributed by atoms with E-state index in [1.165, 1.54) is 18.9 Å². The zero-order valence-electron chi connectivity index (χ0n) is 9.94. The number of carboxylic acids is 1. The lowest BCUT2D eigenvalue weighted by Gasteiger charge is -2.04. The molecule has 1 aromatic rings.